The van der Waals surface area contributed by atoms with Gasteiger partial charge in [-0.2, -0.15) is 0 Å². The molecule has 5 rings (SSSR count). The fourth-order valence-electron chi connectivity index (χ4n) is 3.41. The van der Waals surface area contributed by atoms with Crippen molar-refractivity contribution >= 4 is 11.8 Å². The summed E-state index contributed by atoms with van der Waals surface area (Å²) < 4.78 is 21.1. The zero-order chi connectivity index (χ0) is 22.8. The lowest BCUT2D eigenvalue weighted by molar-refractivity contribution is 0.571. The van der Waals surface area contributed by atoms with Gasteiger partial charge in [-0.1, -0.05) is 23.9 Å². The van der Waals surface area contributed by atoms with E-state index in [9.17, 15) is 4.39 Å². The molecule has 2 aromatic carbocycles. The molecule has 0 atom stereocenters. The Morgan fingerprint density at radius 2 is 1.79 bits per heavy atom. The molecule has 5 aromatic rings. The Kier molecular flexibility index (Phi) is 5.75. The molecule has 0 spiro atoms. The topological polar surface area (TPSA) is 69.6 Å². The molecule has 0 unspecified atom stereocenters. The number of hydrogen-bond donors (Lipinski definition) is 0. The average molecular weight is 458 g/mol. The van der Waals surface area contributed by atoms with Crippen LogP contribution in [0.3, 0.4) is 0 Å². The van der Waals surface area contributed by atoms with E-state index >= 15 is 0 Å². The van der Waals surface area contributed by atoms with E-state index in [4.69, 9.17) is 4.42 Å². The van der Waals surface area contributed by atoms with E-state index in [0.717, 1.165) is 27.9 Å². The molecule has 0 saturated heterocycles. The molecule has 6 nitrogen and oxygen atoms in total. The van der Waals surface area contributed by atoms with Crippen molar-refractivity contribution in [3.05, 3.63) is 95.9 Å². The van der Waals surface area contributed by atoms with Crippen molar-refractivity contribution in [2.75, 3.05) is 0 Å². The monoisotopic (exact) mass is 457 g/mol. The van der Waals surface area contributed by atoms with E-state index in [-0.39, 0.29) is 5.82 Å². The smallest absolute Gasteiger partial charge is 0.226 e. The molecule has 0 fully saturated rings. The third kappa shape index (κ3) is 4.42. The fraction of sp³-hybridized carbons (Fsp3) is 0.120. The highest BCUT2D eigenvalue weighted by Gasteiger charge is 2.18. The number of benzene rings is 2. The van der Waals surface area contributed by atoms with E-state index in [1.165, 1.54) is 35.0 Å². The van der Waals surface area contributed by atoms with Gasteiger partial charge in [-0.25, -0.2) is 9.37 Å². The standard InChI is InChI=1S/C25H20FN5OS/c1-16-6-7-22(12-17(16)2)31-23(18-8-10-27-11-9-18)29-30-25(31)33-15-21-14-32-24(28-21)19-4-3-5-20(26)13-19/h3-14H,15H2,1-2H3. The van der Waals surface area contributed by atoms with Crippen LogP contribution in [0.1, 0.15) is 16.8 Å². The second kappa shape index (κ2) is 8.99. The lowest BCUT2D eigenvalue weighted by Gasteiger charge is -2.12. The second-order valence-electron chi connectivity index (χ2n) is 7.59. The van der Waals surface area contributed by atoms with Gasteiger partial charge in [0.15, 0.2) is 11.0 Å². The van der Waals surface area contributed by atoms with Gasteiger partial charge in [0.1, 0.15) is 12.1 Å². The van der Waals surface area contributed by atoms with Gasteiger partial charge >= 0.3 is 0 Å². The van der Waals surface area contributed by atoms with Crippen molar-refractivity contribution in [2.24, 2.45) is 0 Å². The Morgan fingerprint density at radius 3 is 2.58 bits per heavy atom. The summed E-state index contributed by atoms with van der Waals surface area (Å²) in [4.78, 5) is 8.62. The molecule has 3 heterocycles. The average Bonchev–Trinajstić information content (AvgIpc) is 3.47. The highest BCUT2D eigenvalue weighted by atomic mass is 32.2. The summed E-state index contributed by atoms with van der Waals surface area (Å²) >= 11 is 1.51. The molecular formula is C25H20FN5OS. The summed E-state index contributed by atoms with van der Waals surface area (Å²) in [7, 11) is 0. The Morgan fingerprint density at radius 1 is 0.939 bits per heavy atom. The quantitative estimate of drug-likeness (QED) is 0.290. The Bertz CT molecular complexity index is 1410. The summed E-state index contributed by atoms with van der Waals surface area (Å²) in [6.07, 6.45) is 5.07. The van der Waals surface area contributed by atoms with Gasteiger partial charge in [-0.3, -0.25) is 9.55 Å². The van der Waals surface area contributed by atoms with Gasteiger partial charge < -0.3 is 4.42 Å². The minimum atomic E-state index is -0.327. The Labute approximate surface area is 194 Å². The first-order valence-corrected chi connectivity index (χ1v) is 11.3. The van der Waals surface area contributed by atoms with Crippen molar-refractivity contribution in [1.29, 1.82) is 0 Å². The predicted octanol–water partition coefficient (Wildman–Crippen LogP) is 6.03. The molecule has 8 heteroatoms. The molecule has 0 radical (unpaired) electrons. The van der Waals surface area contributed by atoms with E-state index in [1.54, 1.807) is 30.8 Å². The van der Waals surface area contributed by atoms with E-state index in [2.05, 4.69) is 52.2 Å². The number of pyridine rings is 1. The van der Waals surface area contributed by atoms with Gasteiger partial charge in [0.25, 0.3) is 0 Å². The first-order valence-electron chi connectivity index (χ1n) is 10.3. The van der Waals surface area contributed by atoms with Crippen molar-refractivity contribution in [1.82, 2.24) is 24.7 Å². The number of hydrogen-bond acceptors (Lipinski definition) is 6. The minimum Gasteiger partial charge on any atom is -0.444 e. The number of oxazole rings is 1. The molecule has 33 heavy (non-hydrogen) atoms. The van der Waals surface area contributed by atoms with Crippen LogP contribution in [0.2, 0.25) is 0 Å². The van der Waals surface area contributed by atoms with E-state index < -0.39 is 0 Å². The SMILES string of the molecule is Cc1ccc(-n2c(SCc3coc(-c4cccc(F)c4)n3)nnc2-c2ccncc2)cc1C. The molecule has 0 saturated carbocycles. The summed E-state index contributed by atoms with van der Waals surface area (Å²) in [5.41, 5.74) is 5.66. The Hall–Kier alpha value is -3.78. The molecule has 0 N–H and O–H groups in total. The first-order chi connectivity index (χ1) is 16.1. The van der Waals surface area contributed by atoms with E-state index in [1.807, 2.05) is 16.7 Å². The zero-order valence-electron chi connectivity index (χ0n) is 18.1. The van der Waals surface area contributed by atoms with Gasteiger partial charge in [0.2, 0.25) is 5.89 Å². The highest BCUT2D eigenvalue weighted by molar-refractivity contribution is 7.98. The van der Waals surface area contributed by atoms with Crippen LogP contribution in [0.15, 0.2) is 82.8 Å². The maximum Gasteiger partial charge on any atom is 0.226 e. The fourth-order valence-corrected chi connectivity index (χ4v) is 4.24. The zero-order valence-corrected chi connectivity index (χ0v) is 18.9. The van der Waals surface area contributed by atoms with Crippen molar-refractivity contribution in [2.45, 2.75) is 24.8 Å². The molecule has 0 bridgehead atoms. The molecule has 0 aliphatic heterocycles. The highest BCUT2D eigenvalue weighted by Crippen LogP contribution is 2.31. The molecule has 0 aliphatic rings. The van der Waals surface area contributed by atoms with Gasteiger partial charge in [0.05, 0.1) is 11.4 Å². The number of rotatable bonds is 6. The lowest BCUT2D eigenvalue weighted by Crippen LogP contribution is -2.01. The largest absolute Gasteiger partial charge is 0.444 e. The summed E-state index contributed by atoms with van der Waals surface area (Å²) in [6, 6.07) is 16.3. The van der Waals surface area contributed by atoms with Crippen molar-refractivity contribution in [3.63, 3.8) is 0 Å². The number of halogens is 1. The van der Waals surface area contributed by atoms with Crippen molar-refractivity contribution in [3.8, 4) is 28.5 Å². The van der Waals surface area contributed by atoms with Crippen LogP contribution in [-0.2, 0) is 5.75 Å². The number of thioether (sulfide) groups is 1. The third-order valence-corrected chi connectivity index (χ3v) is 6.26. The maximum absolute atomic E-state index is 13.5. The molecule has 3 aromatic heterocycles. The van der Waals surface area contributed by atoms with E-state index in [0.29, 0.717) is 17.2 Å². The van der Waals surface area contributed by atoms with Crippen LogP contribution in [0.4, 0.5) is 4.39 Å². The van der Waals surface area contributed by atoms with Crippen LogP contribution in [0, 0.1) is 19.7 Å². The van der Waals surface area contributed by atoms with Gasteiger partial charge in [0, 0.05) is 29.3 Å². The van der Waals surface area contributed by atoms with Crippen LogP contribution >= 0.6 is 11.8 Å². The van der Waals surface area contributed by atoms with Gasteiger partial charge in [-0.05, 0) is 67.4 Å². The third-order valence-electron chi connectivity index (χ3n) is 5.29. The lowest BCUT2D eigenvalue weighted by atomic mass is 10.1. The number of aryl methyl sites for hydroxylation is 2. The number of aromatic nitrogens is 5. The molecule has 164 valence electrons. The molecular weight excluding hydrogens is 437 g/mol. The van der Waals surface area contributed by atoms with Crippen molar-refractivity contribution < 1.29 is 8.81 Å². The summed E-state index contributed by atoms with van der Waals surface area (Å²) in [5.74, 6) is 1.33. The van der Waals surface area contributed by atoms with Crippen LogP contribution < -0.4 is 0 Å². The van der Waals surface area contributed by atoms with Crippen LogP contribution in [0.25, 0.3) is 28.5 Å². The minimum absolute atomic E-state index is 0.327. The summed E-state index contributed by atoms with van der Waals surface area (Å²) in [6.45, 7) is 4.18. The predicted molar refractivity (Wildman–Crippen MR) is 126 cm³/mol. The second-order valence-corrected chi connectivity index (χ2v) is 8.53. The van der Waals surface area contributed by atoms with Crippen LogP contribution in [-0.4, -0.2) is 24.7 Å². The molecule has 0 amide bonds. The Balaban J connectivity index is 1.46. The normalized spacial score (nSPS) is 11.1. The summed E-state index contributed by atoms with van der Waals surface area (Å²) in [5, 5.41) is 9.67. The molecule has 0 aliphatic carbocycles. The van der Waals surface area contributed by atoms with Gasteiger partial charge in [-0.15, -0.1) is 10.2 Å². The first kappa shape index (κ1) is 21.1. The van der Waals surface area contributed by atoms with Crippen LogP contribution in [0.5, 0.6) is 0 Å². The number of nitrogens with zero attached hydrogens (tertiary/aromatic N) is 5. The maximum atomic E-state index is 13.5.